The summed E-state index contributed by atoms with van der Waals surface area (Å²) in [6.45, 7) is 6.02. The van der Waals surface area contributed by atoms with Crippen LogP contribution in [0.4, 0.5) is 4.39 Å². The second-order valence-electron chi connectivity index (χ2n) is 4.68. The summed E-state index contributed by atoms with van der Waals surface area (Å²) in [5, 5.41) is 0. The van der Waals surface area contributed by atoms with E-state index >= 15 is 0 Å². The molecule has 98 valence electrons. The number of halogens is 2. The normalized spacial score (nSPS) is 16.9. The second-order valence-corrected chi connectivity index (χ2v) is 5.54. The maximum atomic E-state index is 13.1. The molecular formula is C13H17BrFN2O+. The number of carbonyl (C=O) groups is 1. The molecule has 2 rings (SSSR count). The number of nitrogens with one attached hydrogen (secondary N) is 1. The van der Waals surface area contributed by atoms with Crippen molar-refractivity contribution in [2.75, 3.05) is 26.2 Å². The first-order chi connectivity index (χ1) is 8.56. The number of piperazine rings is 1. The summed E-state index contributed by atoms with van der Waals surface area (Å²) in [5.74, 6) is -0.0753. The molecule has 0 spiro atoms. The van der Waals surface area contributed by atoms with Crippen LogP contribution < -0.4 is 4.90 Å². The molecule has 1 heterocycles. The van der Waals surface area contributed by atoms with E-state index in [0.717, 1.165) is 38.3 Å². The Kier molecular flexibility index (Phi) is 4.35. The van der Waals surface area contributed by atoms with E-state index in [9.17, 15) is 9.18 Å². The SMILES string of the molecule is CC(=O)N1CC[NH+](Cc2ccc(F)c(Br)c2)CC1. The Hall–Kier alpha value is -0.940. The van der Waals surface area contributed by atoms with E-state index in [1.807, 2.05) is 17.0 Å². The van der Waals surface area contributed by atoms with Crippen molar-refractivity contribution in [1.29, 1.82) is 0 Å². The standard InChI is InChI=1S/C13H16BrFN2O/c1-10(18)17-6-4-16(5-7-17)9-11-2-3-13(15)12(14)8-11/h2-3,8H,4-7,9H2,1H3/p+1. The monoisotopic (exact) mass is 315 g/mol. The minimum atomic E-state index is -0.227. The van der Waals surface area contributed by atoms with Crippen molar-refractivity contribution in [2.45, 2.75) is 13.5 Å². The molecule has 0 aliphatic carbocycles. The first-order valence-corrected chi connectivity index (χ1v) is 6.88. The average Bonchev–Trinajstić information content (AvgIpc) is 2.34. The number of hydrogen-bond donors (Lipinski definition) is 1. The molecule has 0 saturated carbocycles. The molecule has 0 bridgehead atoms. The van der Waals surface area contributed by atoms with Gasteiger partial charge in [-0.15, -0.1) is 0 Å². The van der Waals surface area contributed by atoms with Crippen molar-refractivity contribution >= 4 is 21.8 Å². The van der Waals surface area contributed by atoms with Crippen LogP contribution >= 0.6 is 15.9 Å². The van der Waals surface area contributed by atoms with Crippen LogP contribution in [0.25, 0.3) is 0 Å². The van der Waals surface area contributed by atoms with Crippen LogP contribution in [0.3, 0.4) is 0 Å². The molecule has 1 aliphatic rings. The average molecular weight is 316 g/mol. The lowest BCUT2D eigenvalue weighted by Crippen LogP contribution is -3.13. The molecule has 1 fully saturated rings. The predicted octanol–water partition coefficient (Wildman–Crippen LogP) is 0.835. The zero-order chi connectivity index (χ0) is 13.1. The molecule has 0 atom stereocenters. The third-order valence-corrected chi connectivity index (χ3v) is 3.96. The van der Waals surface area contributed by atoms with Crippen LogP contribution in [0.2, 0.25) is 0 Å². The molecule has 18 heavy (non-hydrogen) atoms. The quantitative estimate of drug-likeness (QED) is 0.859. The van der Waals surface area contributed by atoms with Gasteiger partial charge in [-0.1, -0.05) is 6.07 Å². The number of hydrogen-bond acceptors (Lipinski definition) is 1. The van der Waals surface area contributed by atoms with Gasteiger partial charge in [0.2, 0.25) is 5.91 Å². The number of quaternary nitrogens is 1. The Morgan fingerprint density at radius 3 is 2.67 bits per heavy atom. The molecule has 1 N–H and O–H groups in total. The smallest absolute Gasteiger partial charge is 0.219 e. The first-order valence-electron chi connectivity index (χ1n) is 6.09. The van der Waals surface area contributed by atoms with Crippen molar-refractivity contribution in [3.63, 3.8) is 0 Å². The Morgan fingerprint density at radius 2 is 2.11 bits per heavy atom. The number of benzene rings is 1. The van der Waals surface area contributed by atoms with Gasteiger partial charge in [0.15, 0.2) is 0 Å². The molecule has 0 radical (unpaired) electrons. The molecule has 1 aromatic rings. The maximum Gasteiger partial charge on any atom is 0.219 e. The fourth-order valence-electron chi connectivity index (χ4n) is 2.25. The summed E-state index contributed by atoms with van der Waals surface area (Å²) >= 11 is 3.20. The van der Waals surface area contributed by atoms with Gasteiger partial charge in [0, 0.05) is 12.5 Å². The van der Waals surface area contributed by atoms with Crippen LogP contribution in [-0.4, -0.2) is 37.0 Å². The zero-order valence-electron chi connectivity index (χ0n) is 10.4. The summed E-state index contributed by atoms with van der Waals surface area (Å²) < 4.78 is 13.6. The largest absolute Gasteiger partial charge is 0.332 e. The van der Waals surface area contributed by atoms with E-state index in [2.05, 4.69) is 15.9 Å². The molecule has 3 nitrogen and oxygen atoms in total. The van der Waals surface area contributed by atoms with E-state index in [1.165, 1.54) is 11.0 Å². The van der Waals surface area contributed by atoms with E-state index in [-0.39, 0.29) is 11.7 Å². The fourth-order valence-corrected chi connectivity index (χ4v) is 2.68. The third-order valence-electron chi connectivity index (χ3n) is 3.35. The van der Waals surface area contributed by atoms with Crippen molar-refractivity contribution in [2.24, 2.45) is 0 Å². The summed E-state index contributed by atoms with van der Waals surface area (Å²) in [5.41, 5.74) is 1.12. The van der Waals surface area contributed by atoms with Crippen LogP contribution in [0, 0.1) is 5.82 Å². The maximum absolute atomic E-state index is 13.1. The van der Waals surface area contributed by atoms with E-state index in [0.29, 0.717) is 4.47 Å². The highest BCUT2D eigenvalue weighted by molar-refractivity contribution is 9.10. The topological polar surface area (TPSA) is 24.8 Å². The van der Waals surface area contributed by atoms with E-state index in [1.54, 1.807) is 6.92 Å². The molecule has 1 aromatic carbocycles. The molecule has 1 aliphatic heterocycles. The van der Waals surface area contributed by atoms with Gasteiger partial charge >= 0.3 is 0 Å². The van der Waals surface area contributed by atoms with E-state index in [4.69, 9.17) is 0 Å². The van der Waals surface area contributed by atoms with Crippen molar-refractivity contribution in [3.05, 3.63) is 34.1 Å². The number of nitrogens with zero attached hydrogens (tertiary/aromatic N) is 1. The van der Waals surface area contributed by atoms with Crippen LogP contribution in [0.5, 0.6) is 0 Å². The zero-order valence-corrected chi connectivity index (χ0v) is 12.0. The highest BCUT2D eigenvalue weighted by atomic mass is 79.9. The number of carbonyl (C=O) groups excluding carboxylic acids is 1. The summed E-state index contributed by atoms with van der Waals surface area (Å²) in [4.78, 5) is 14.5. The predicted molar refractivity (Wildman–Crippen MR) is 70.8 cm³/mol. The van der Waals surface area contributed by atoms with Crippen LogP contribution in [0.15, 0.2) is 22.7 Å². The lowest BCUT2D eigenvalue weighted by atomic mass is 10.2. The highest BCUT2D eigenvalue weighted by Gasteiger charge is 2.21. The van der Waals surface area contributed by atoms with Gasteiger partial charge < -0.3 is 9.80 Å². The Balaban J connectivity index is 1.91. The lowest BCUT2D eigenvalue weighted by molar-refractivity contribution is -0.917. The van der Waals surface area contributed by atoms with E-state index < -0.39 is 0 Å². The Morgan fingerprint density at radius 1 is 1.44 bits per heavy atom. The number of amides is 1. The van der Waals surface area contributed by atoms with Gasteiger partial charge in [-0.3, -0.25) is 4.79 Å². The van der Waals surface area contributed by atoms with Crippen molar-refractivity contribution in [1.82, 2.24) is 4.90 Å². The fraction of sp³-hybridized carbons (Fsp3) is 0.462. The number of rotatable bonds is 2. The van der Waals surface area contributed by atoms with Crippen molar-refractivity contribution < 1.29 is 14.1 Å². The van der Waals surface area contributed by atoms with Gasteiger partial charge in [0.25, 0.3) is 0 Å². The van der Waals surface area contributed by atoms with Crippen LogP contribution in [-0.2, 0) is 11.3 Å². The van der Waals surface area contributed by atoms with Gasteiger partial charge in [0.05, 0.1) is 30.7 Å². The van der Waals surface area contributed by atoms with Gasteiger partial charge in [-0.2, -0.15) is 0 Å². The second kappa shape index (κ2) is 5.80. The first kappa shape index (κ1) is 13.5. The van der Waals surface area contributed by atoms with Gasteiger partial charge in [-0.25, -0.2) is 4.39 Å². The Labute approximate surface area is 115 Å². The van der Waals surface area contributed by atoms with Crippen LogP contribution in [0.1, 0.15) is 12.5 Å². The molecular weight excluding hydrogens is 299 g/mol. The third kappa shape index (κ3) is 3.29. The summed E-state index contributed by atoms with van der Waals surface area (Å²) in [6.07, 6.45) is 0. The highest BCUT2D eigenvalue weighted by Crippen LogP contribution is 2.16. The summed E-state index contributed by atoms with van der Waals surface area (Å²) in [7, 11) is 0. The molecule has 0 unspecified atom stereocenters. The lowest BCUT2D eigenvalue weighted by Gasteiger charge is -2.31. The minimum Gasteiger partial charge on any atom is -0.332 e. The molecule has 1 amide bonds. The molecule has 5 heteroatoms. The molecule has 0 aromatic heterocycles. The Bertz CT molecular complexity index is 445. The summed E-state index contributed by atoms with van der Waals surface area (Å²) in [6, 6.07) is 5.15. The minimum absolute atomic E-state index is 0.151. The van der Waals surface area contributed by atoms with Gasteiger partial charge in [0.1, 0.15) is 12.4 Å². The van der Waals surface area contributed by atoms with Gasteiger partial charge in [-0.05, 0) is 28.1 Å². The van der Waals surface area contributed by atoms with Crippen molar-refractivity contribution in [3.8, 4) is 0 Å². The molecule has 1 saturated heterocycles.